The van der Waals surface area contributed by atoms with E-state index in [2.05, 4.69) is 32.8 Å². The van der Waals surface area contributed by atoms with Crippen molar-refractivity contribution in [2.24, 2.45) is 17.3 Å². The highest BCUT2D eigenvalue weighted by atomic mass is 79.9. The summed E-state index contributed by atoms with van der Waals surface area (Å²) in [5.74, 6) is 2.19. The predicted molar refractivity (Wildman–Crippen MR) is 87.5 cm³/mol. The maximum Gasteiger partial charge on any atom is 0.223 e. The Balaban J connectivity index is 1.45. The highest BCUT2D eigenvalue weighted by Gasteiger charge is 2.57. The van der Waals surface area contributed by atoms with E-state index in [0.717, 1.165) is 44.4 Å². The molecule has 5 aliphatic rings. The van der Waals surface area contributed by atoms with Crippen molar-refractivity contribution in [2.75, 3.05) is 33.2 Å². The lowest BCUT2D eigenvalue weighted by atomic mass is 9.48. The second-order valence-electron chi connectivity index (χ2n) is 8.47. The zero-order valence-electron chi connectivity index (χ0n) is 13.1. The molecular weight excluding hydrogens is 328 g/mol. The summed E-state index contributed by atoms with van der Waals surface area (Å²) in [5.41, 5.74) is 0.327. The van der Waals surface area contributed by atoms with Crippen LogP contribution in [0.3, 0.4) is 0 Å². The van der Waals surface area contributed by atoms with Crippen molar-refractivity contribution in [2.45, 2.75) is 49.3 Å². The van der Waals surface area contributed by atoms with Gasteiger partial charge in [0.2, 0.25) is 5.91 Å². The van der Waals surface area contributed by atoms with Crippen LogP contribution < -0.4 is 0 Å². The van der Waals surface area contributed by atoms with Crippen LogP contribution in [-0.2, 0) is 4.79 Å². The Bertz CT molecular complexity index is 430. The van der Waals surface area contributed by atoms with E-state index in [0.29, 0.717) is 15.6 Å². The van der Waals surface area contributed by atoms with E-state index in [1.54, 1.807) is 0 Å². The van der Waals surface area contributed by atoms with Gasteiger partial charge in [-0.2, -0.15) is 0 Å². The van der Waals surface area contributed by atoms with Crippen LogP contribution >= 0.6 is 15.9 Å². The first-order valence-corrected chi connectivity index (χ1v) is 9.40. The summed E-state index contributed by atoms with van der Waals surface area (Å²) in [6, 6.07) is 0. The van der Waals surface area contributed by atoms with E-state index in [1.165, 1.54) is 38.5 Å². The van der Waals surface area contributed by atoms with Crippen molar-refractivity contribution in [1.82, 2.24) is 9.80 Å². The van der Waals surface area contributed by atoms with Crippen LogP contribution in [0.2, 0.25) is 0 Å². The molecule has 0 aromatic rings. The van der Waals surface area contributed by atoms with Gasteiger partial charge in [0.05, 0.1) is 0 Å². The maximum atomic E-state index is 12.8. The lowest BCUT2D eigenvalue weighted by Gasteiger charge is -2.60. The molecule has 1 aliphatic heterocycles. The molecule has 4 aliphatic carbocycles. The number of carbonyl (C=O) groups is 1. The number of carbonyl (C=O) groups excluding carboxylic acids is 1. The topological polar surface area (TPSA) is 23.6 Å². The van der Waals surface area contributed by atoms with Gasteiger partial charge in [0.1, 0.15) is 0 Å². The molecule has 4 saturated carbocycles. The number of hydrogen-bond acceptors (Lipinski definition) is 2. The van der Waals surface area contributed by atoms with Crippen LogP contribution in [0.25, 0.3) is 0 Å². The van der Waals surface area contributed by atoms with Crippen LogP contribution in [0.15, 0.2) is 0 Å². The number of halogens is 1. The number of hydrogen-bond donors (Lipinski definition) is 0. The summed E-state index contributed by atoms with van der Waals surface area (Å²) in [5, 5.41) is 0. The average Bonchev–Trinajstić information content (AvgIpc) is 2.35. The van der Waals surface area contributed by atoms with E-state index < -0.39 is 0 Å². The van der Waals surface area contributed by atoms with Crippen LogP contribution in [0, 0.1) is 17.3 Å². The van der Waals surface area contributed by atoms with Crippen molar-refractivity contribution in [3.63, 3.8) is 0 Å². The summed E-state index contributed by atoms with van der Waals surface area (Å²) >= 11 is 4.05. The number of piperazine rings is 1. The molecule has 0 radical (unpaired) electrons. The fourth-order valence-electron chi connectivity index (χ4n) is 6.03. The largest absolute Gasteiger partial charge is 0.340 e. The van der Waals surface area contributed by atoms with E-state index in [1.807, 2.05) is 0 Å². The molecule has 5 rings (SSSR count). The predicted octanol–water partition coefficient (Wildman–Crippen LogP) is 2.88. The molecule has 0 spiro atoms. The molecule has 3 nitrogen and oxygen atoms in total. The highest BCUT2D eigenvalue weighted by Crippen LogP contribution is 2.65. The molecule has 0 aromatic carbocycles. The van der Waals surface area contributed by atoms with Gasteiger partial charge in [-0.1, -0.05) is 15.9 Å². The zero-order chi connectivity index (χ0) is 14.7. The Morgan fingerprint density at radius 3 is 2.29 bits per heavy atom. The number of alkyl halides is 1. The van der Waals surface area contributed by atoms with Crippen molar-refractivity contribution in [3.8, 4) is 0 Å². The first-order valence-electron chi connectivity index (χ1n) is 8.61. The molecule has 4 bridgehead atoms. The summed E-state index contributed by atoms with van der Waals surface area (Å²) in [6.45, 7) is 3.92. The Hall–Kier alpha value is -0.0900. The lowest BCUT2D eigenvalue weighted by molar-refractivity contribution is -0.139. The summed E-state index contributed by atoms with van der Waals surface area (Å²) in [4.78, 5) is 17.2. The van der Waals surface area contributed by atoms with Gasteiger partial charge in [-0.15, -0.1) is 0 Å². The van der Waals surface area contributed by atoms with Gasteiger partial charge in [-0.3, -0.25) is 4.79 Å². The Labute approximate surface area is 136 Å². The van der Waals surface area contributed by atoms with Gasteiger partial charge in [-0.05, 0) is 62.8 Å². The normalized spacial score (nSPS) is 46.1. The summed E-state index contributed by atoms with van der Waals surface area (Å²) in [6.07, 6.45) is 8.83. The Morgan fingerprint density at radius 1 is 1.10 bits per heavy atom. The van der Waals surface area contributed by atoms with Gasteiger partial charge in [0.15, 0.2) is 0 Å². The fraction of sp³-hybridized carbons (Fsp3) is 0.941. The molecule has 21 heavy (non-hydrogen) atoms. The van der Waals surface area contributed by atoms with Crippen LogP contribution in [-0.4, -0.2) is 53.3 Å². The van der Waals surface area contributed by atoms with Crippen molar-refractivity contribution in [1.29, 1.82) is 0 Å². The Kier molecular flexibility index (Phi) is 3.42. The average molecular weight is 355 g/mol. The third-order valence-electron chi connectivity index (χ3n) is 6.49. The molecule has 1 amide bonds. The minimum atomic E-state index is 0.327. The van der Waals surface area contributed by atoms with Crippen LogP contribution in [0.4, 0.5) is 0 Å². The molecule has 4 atom stereocenters. The smallest absolute Gasteiger partial charge is 0.223 e. The zero-order valence-corrected chi connectivity index (χ0v) is 14.7. The van der Waals surface area contributed by atoms with Gasteiger partial charge in [0.25, 0.3) is 0 Å². The quantitative estimate of drug-likeness (QED) is 0.711. The first-order chi connectivity index (χ1) is 9.95. The van der Waals surface area contributed by atoms with Crippen molar-refractivity contribution < 1.29 is 4.79 Å². The second kappa shape index (κ2) is 4.95. The van der Waals surface area contributed by atoms with E-state index in [-0.39, 0.29) is 0 Å². The van der Waals surface area contributed by atoms with Crippen LogP contribution in [0.1, 0.15) is 44.9 Å². The SMILES string of the molecule is CN1CCN(C(=O)CC23C[C@@H]4C[C@@H](CC(Br)(C4)C2)C3)CC1. The molecule has 2 unspecified atom stereocenters. The van der Waals surface area contributed by atoms with Crippen molar-refractivity contribution in [3.05, 3.63) is 0 Å². The second-order valence-corrected chi connectivity index (χ2v) is 10.2. The summed E-state index contributed by atoms with van der Waals surface area (Å²) < 4.78 is 0.374. The third-order valence-corrected chi connectivity index (χ3v) is 7.42. The van der Waals surface area contributed by atoms with Gasteiger partial charge in [-0.25, -0.2) is 0 Å². The molecule has 118 valence electrons. The molecule has 1 heterocycles. The minimum Gasteiger partial charge on any atom is -0.340 e. The minimum absolute atomic E-state index is 0.327. The number of rotatable bonds is 2. The Morgan fingerprint density at radius 2 is 1.71 bits per heavy atom. The standard InChI is InChI=1S/C17H27BrN2O/c1-19-2-4-20(5-3-19)15(21)11-16-7-13-6-14(8-16)10-17(18,9-13)12-16/h13-14H,2-12H2,1H3/t13-,14+,16?,17?. The van der Waals surface area contributed by atoms with Crippen LogP contribution in [0.5, 0.6) is 0 Å². The van der Waals surface area contributed by atoms with Gasteiger partial charge in [0, 0.05) is 36.9 Å². The molecular formula is C17H27BrN2O. The molecule has 4 heteroatoms. The van der Waals surface area contributed by atoms with E-state index >= 15 is 0 Å². The highest BCUT2D eigenvalue weighted by molar-refractivity contribution is 9.10. The third kappa shape index (κ3) is 2.67. The van der Waals surface area contributed by atoms with Crippen molar-refractivity contribution >= 4 is 21.8 Å². The monoisotopic (exact) mass is 354 g/mol. The number of likely N-dealkylation sites (N-methyl/N-ethyl adjacent to an activating group) is 1. The first kappa shape index (κ1) is 14.5. The molecule has 0 N–H and O–H groups in total. The molecule has 0 aromatic heterocycles. The van der Waals surface area contributed by atoms with E-state index in [4.69, 9.17) is 0 Å². The maximum absolute atomic E-state index is 12.8. The van der Waals surface area contributed by atoms with E-state index in [9.17, 15) is 4.79 Å². The fourth-order valence-corrected chi connectivity index (χ4v) is 7.54. The number of nitrogens with zero attached hydrogens (tertiary/aromatic N) is 2. The van der Waals surface area contributed by atoms with Gasteiger partial charge >= 0.3 is 0 Å². The number of amides is 1. The molecule has 5 fully saturated rings. The van der Waals surface area contributed by atoms with Gasteiger partial charge < -0.3 is 9.80 Å². The summed E-state index contributed by atoms with van der Waals surface area (Å²) in [7, 11) is 2.15. The lowest BCUT2D eigenvalue weighted by Crippen LogP contribution is -2.55. The molecule has 1 saturated heterocycles.